The summed E-state index contributed by atoms with van der Waals surface area (Å²) in [4.78, 5) is 11.9. The van der Waals surface area contributed by atoms with Crippen molar-refractivity contribution in [1.29, 1.82) is 0 Å². The van der Waals surface area contributed by atoms with E-state index in [9.17, 15) is 4.79 Å². The molecule has 0 aromatic heterocycles. The fourth-order valence-electron chi connectivity index (χ4n) is 2.38. The van der Waals surface area contributed by atoms with E-state index in [1.807, 2.05) is 20.8 Å². The quantitative estimate of drug-likeness (QED) is 0.767. The molecule has 2 N–H and O–H groups in total. The van der Waals surface area contributed by atoms with Crippen LogP contribution in [0, 0.1) is 5.41 Å². The minimum absolute atomic E-state index is 0.157. The maximum atomic E-state index is 11.9. The monoisotopic (exact) mass is 291 g/mol. The average Bonchev–Trinajstić information content (AvgIpc) is 2.46. The Balaban J connectivity index is 2.75. The van der Waals surface area contributed by atoms with Crippen LogP contribution in [0.2, 0.25) is 0 Å². The molecule has 0 saturated heterocycles. The Hall–Kier alpha value is -1.35. The van der Waals surface area contributed by atoms with Crippen LogP contribution in [-0.4, -0.2) is 12.6 Å². The van der Waals surface area contributed by atoms with Crippen molar-refractivity contribution in [2.45, 2.75) is 59.4 Å². The van der Waals surface area contributed by atoms with Gasteiger partial charge >= 0.3 is 5.97 Å². The molecule has 1 aromatic carbocycles. The molecular formula is C18H29NO2. The molecule has 0 fully saturated rings. The predicted molar refractivity (Wildman–Crippen MR) is 87.1 cm³/mol. The smallest absolute Gasteiger partial charge is 0.311 e. The highest BCUT2D eigenvalue weighted by Gasteiger charge is 2.31. The summed E-state index contributed by atoms with van der Waals surface area (Å²) in [6.07, 6.45) is 1.70. The summed E-state index contributed by atoms with van der Waals surface area (Å²) >= 11 is 0. The van der Waals surface area contributed by atoms with Gasteiger partial charge in [-0.2, -0.15) is 0 Å². The first-order valence-corrected chi connectivity index (χ1v) is 7.84. The van der Waals surface area contributed by atoms with E-state index in [-0.39, 0.29) is 12.0 Å². The van der Waals surface area contributed by atoms with E-state index >= 15 is 0 Å². The van der Waals surface area contributed by atoms with E-state index in [0.29, 0.717) is 18.9 Å². The number of nitrogens with two attached hydrogens (primary N) is 1. The van der Waals surface area contributed by atoms with E-state index < -0.39 is 5.41 Å². The van der Waals surface area contributed by atoms with E-state index in [4.69, 9.17) is 10.5 Å². The summed E-state index contributed by atoms with van der Waals surface area (Å²) in [5.41, 5.74) is 8.10. The van der Waals surface area contributed by atoms with Gasteiger partial charge in [0.2, 0.25) is 0 Å². The zero-order chi connectivity index (χ0) is 16.0. The van der Waals surface area contributed by atoms with Gasteiger partial charge in [0, 0.05) is 6.04 Å². The average molecular weight is 291 g/mol. The second-order valence-corrected chi connectivity index (χ2v) is 6.39. The lowest BCUT2D eigenvalue weighted by atomic mass is 9.83. The highest BCUT2D eigenvalue weighted by atomic mass is 16.5. The molecule has 3 heteroatoms. The molecule has 0 bridgehead atoms. The fourth-order valence-corrected chi connectivity index (χ4v) is 2.38. The van der Waals surface area contributed by atoms with Crippen molar-refractivity contribution in [3.63, 3.8) is 0 Å². The first-order chi connectivity index (χ1) is 9.81. The topological polar surface area (TPSA) is 52.3 Å². The van der Waals surface area contributed by atoms with Crippen LogP contribution in [0.15, 0.2) is 24.3 Å². The normalized spacial score (nSPS) is 14.6. The minimum Gasteiger partial charge on any atom is -0.466 e. The van der Waals surface area contributed by atoms with E-state index in [2.05, 4.69) is 38.1 Å². The largest absolute Gasteiger partial charge is 0.466 e. The highest BCUT2D eigenvalue weighted by Crippen LogP contribution is 2.30. The zero-order valence-electron chi connectivity index (χ0n) is 14.0. The highest BCUT2D eigenvalue weighted by molar-refractivity contribution is 5.75. The third kappa shape index (κ3) is 4.85. The number of ether oxygens (including phenoxy) is 1. The van der Waals surface area contributed by atoms with Gasteiger partial charge in [0.15, 0.2) is 0 Å². The number of carbonyl (C=O) groups excluding carboxylic acids is 1. The van der Waals surface area contributed by atoms with Gasteiger partial charge < -0.3 is 10.5 Å². The van der Waals surface area contributed by atoms with Crippen LogP contribution in [0.5, 0.6) is 0 Å². The summed E-state index contributed by atoms with van der Waals surface area (Å²) < 4.78 is 5.11. The number of rotatable bonds is 7. The van der Waals surface area contributed by atoms with Gasteiger partial charge in [-0.3, -0.25) is 4.79 Å². The molecule has 0 saturated carbocycles. The standard InChI is InChI=1S/C18H29NO2/c1-6-13(3)14-8-10-15(11-9-14)16(19)12-18(4,5)17(20)21-7-2/h8-11,13,16H,6-7,12,19H2,1-5H3. The van der Waals surface area contributed by atoms with Gasteiger partial charge in [0.25, 0.3) is 0 Å². The lowest BCUT2D eigenvalue weighted by Crippen LogP contribution is -2.31. The van der Waals surface area contributed by atoms with Gasteiger partial charge in [-0.25, -0.2) is 0 Å². The van der Waals surface area contributed by atoms with Crippen molar-refractivity contribution in [2.75, 3.05) is 6.61 Å². The number of hydrogen-bond donors (Lipinski definition) is 1. The van der Waals surface area contributed by atoms with Crippen molar-refractivity contribution >= 4 is 5.97 Å². The molecule has 0 heterocycles. The van der Waals surface area contributed by atoms with Crippen molar-refractivity contribution in [3.8, 4) is 0 Å². The zero-order valence-corrected chi connectivity index (χ0v) is 14.0. The predicted octanol–water partition coefficient (Wildman–Crippen LogP) is 4.18. The Morgan fingerprint density at radius 1 is 1.19 bits per heavy atom. The second kappa shape index (κ2) is 7.60. The summed E-state index contributed by atoms with van der Waals surface area (Å²) in [7, 11) is 0. The van der Waals surface area contributed by atoms with Crippen molar-refractivity contribution < 1.29 is 9.53 Å². The first kappa shape index (κ1) is 17.7. The first-order valence-electron chi connectivity index (χ1n) is 7.84. The maximum absolute atomic E-state index is 11.9. The summed E-state index contributed by atoms with van der Waals surface area (Å²) in [6.45, 7) is 10.4. The van der Waals surface area contributed by atoms with Crippen LogP contribution in [-0.2, 0) is 9.53 Å². The van der Waals surface area contributed by atoms with Gasteiger partial charge in [0.1, 0.15) is 0 Å². The van der Waals surface area contributed by atoms with Gasteiger partial charge in [0.05, 0.1) is 12.0 Å². The van der Waals surface area contributed by atoms with Gasteiger partial charge in [-0.05, 0) is 50.7 Å². The van der Waals surface area contributed by atoms with Crippen LogP contribution < -0.4 is 5.73 Å². The Kier molecular flexibility index (Phi) is 6.41. The molecular weight excluding hydrogens is 262 g/mol. The molecule has 0 aliphatic rings. The Morgan fingerprint density at radius 3 is 2.19 bits per heavy atom. The third-order valence-electron chi connectivity index (χ3n) is 4.10. The van der Waals surface area contributed by atoms with Gasteiger partial charge in [-0.1, -0.05) is 38.1 Å². The van der Waals surface area contributed by atoms with E-state index in [0.717, 1.165) is 12.0 Å². The summed E-state index contributed by atoms with van der Waals surface area (Å²) in [5, 5.41) is 0. The molecule has 0 aliphatic heterocycles. The van der Waals surface area contributed by atoms with E-state index in [1.54, 1.807) is 0 Å². The minimum atomic E-state index is -0.565. The van der Waals surface area contributed by atoms with E-state index in [1.165, 1.54) is 5.56 Å². The number of esters is 1. The fraction of sp³-hybridized carbons (Fsp3) is 0.611. The maximum Gasteiger partial charge on any atom is 0.311 e. The molecule has 21 heavy (non-hydrogen) atoms. The summed E-state index contributed by atoms with van der Waals surface area (Å²) in [5.74, 6) is 0.378. The molecule has 3 nitrogen and oxygen atoms in total. The SMILES string of the molecule is CCOC(=O)C(C)(C)CC(N)c1ccc(C(C)CC)cc1. The van der Waals surface area contributed by atoms with Crippen molar-refractivity contribution in [1.82, 2.24) is 0 Å². The van der Waals surface area contributed by atoms with Crippen LogP contribution in [0.3, 0.4) is 0 Å². The molecule has 0 amide bonds. The van der Waals surface area contributed by atoms with Crippen LogP contribution in [0.1, 0.15) is 70.5 Å². The number of hydrogen-bond acceptors (Lipinski definition) is 3. The number of carbonyl (C=O) groups is 1. The van der Waals surface area contributed by atoms with Crippen LogP contribution in [0.25, 0.3) is 0 Å². The molecule has 118 valence electrons. The molecule has 0 aliphatic carbocycles. The Labute approximate surface area is 128 Å². The second-order valence-electron chi connectivity index (χ2n) is 6.39. The van der Waals surface area contributed by atoms with Crippen molar-refractivity contribution in [3.05, 3.63) is 35.4 Å². The van der Waals surface area contributed by atoms with Crippen molar-refractivity contribution in [2.24, 2.45) is 11.1 Å². The molecule has 0 radical (unpaired) electrons. The Bertz CT molecular complexity index is 451. The molecule has 2 unspecified atom stereocenters. The molecule has 1 aromatic rings. The van der Waals surface area contributed by atoms with Crippen LogP contribution >= 0.6 is 0 Å². The molecule has 0 spiro atoms. The summed E-state index contributed by atoms with van der Waals surface area (Å²) in [6, 6.07) is 8.28. The third-order valence-corrected chi connectivity index (χ3v) is 4.10. The molecule has 2 atom stereocenters. The lowest BCUT2D eigenvalue weighted by molar-refractivity contribution is -0.154. The number of benzene rings is 1. The lowest BCUT2D eigenvalue weighted by Gasteiger charge is -2.26. The van der Waals surface area contributed by atoms with Gasteiger partial charge in [-0.15, -0.1) is 0 Å². The Morgan fingerprint density at radius 2 is 1.71 bits per heavy atom. The molecule has 1 rings (SSSR count). The van der Waals surface area contributed by atoms with Crippen LogP contribution in [0.4, 0.5) is 0 Å².